The first-order valence-electron chi connectivity index (χ1n) is 8.43. The summed E-state index contributed by atoms with van der Waals surface area (Å²) < 4.78 is 5.44. The molecule has 0 amide bonds. The zero-order valence-electron chi connectivity index (χ0n) is 15.2. The van der Waals surface area contributed by atoms with Crippen LogP contribution in [0.3, 0.4) is 0 Å². The average Bonchev–Trinajstić information content (AvgIpc) is 2.52. The minimum atomic E-state index is 0. The first kappa shape index (κ1) is 21.2. The molecule has 1 saturated heterocycles. The van der Waals surface area contributed by atoms with E-state index in [0.29, 0.717) is 24.5 Å². The Hall–Kier alpha value is -0.860. The Morgan fingerprint density at radius 3 is 2.50 bits per heavy atom. The van der Waals surface area contributed by atoms with Crippen LogP contribution in [0.1, 0.15) is 25.0 Å². The van der Waals surface area contributed by atoms with Crippen LogP contribution in [-0.2, 0) is 4.74 Å². The minimum absolute atomic E-state index is 0. The van der Waals surface area contributed by atoms with Gasteiger partial charge in [-0.15, -0.1) is 24.0 Å². The molecule has 6 heteroatoms. The van der Waals surface area contributed by atoms with E-state index in [1.165, 1.54) is 11.1 Å². The number of benzene rings is 1. The van der Waals surface area contributed by atoms with Gasteiger partial charge in [0.1, 0.15) is 0 Å². The van der Waals surface area contributed by atoms with Crippen molar-refractivity contribution in [2.45, 2.75) is 33.7 Å². The van der Waals surface area contributed by atoms with Crippen molar-refractivity contribution in [1.82, 2.24) is 4.90 Å². The van der Waals surface area contributed by atoms with Gasteiger partial charge >= 0.3 is 0 Å². The summed E-state index contributed by atoms with van der Waals surface area (Å²) in [6.07, 6.45) is 0. The third-order valence-electron chi connectivity index (χ3n) is 4.51. The third-order valence-corrected chi connectivity index (χ3v) is 4.51. The van der Waals surface area contributed by atoms with Crippen LogP contribution in [0, 0.1) is 19.8 Å². The Balaban J connectivity index is 0.00000288. The topological polar surface area (TPSA) is 62.9 Å². The fourth-order valence-corrected chi connectivity index (χ4v) is 2.86. The Morgan fingerprint density at radius 2 is 1.92 bits per heavy atom. The first-order chi connectivity index (χ1) is 11.0. The van der Waals surface area contributed by atoms with Gasteiger partial charge in [0.05, 0.1) is 19.8 Å². The Labute approximate surface area is 163 Å². The molecule has 0 saturated carbocycles. The van der Waals surface area contributed by atoms with Gasteiger partial charge in [0.2, 0.25) is 0 Å². The Kier molecular flexibility index (Phi) is 9.01. The highest BCUT2D eigenvalue weighted by molar-refractivity contribution is 14.0. The lowest BCUT2D eigenvalue weighted by Crippen LogP contribution is -2.47. The van der Waals surface area contributed by atoms with E-state index in [-0.39, 0.29) is 24.0 Å². The summed E-state index contributed by atoms with van der Waals surface area (Å²) in [7, 11) is 0. The minimum Gasteiger partial charge on any atom is -0.379 e. The maximum atomic E-state index is 6.07. The number of aryl methyl sites for hydroxylation is 2. The lowest BCUT2D eigenvalue weighted by Gasteiger charge is -2.36. The van der Waals surface area contributed by atoms with Gasteiger partial charge in [0, 0.05) is 24.8 Å². The number of halogens is 1. The normalized spacial score (nSPS) is 17.5. The molecule has 5 nitrogen and oxygen atoms in total. The molecule has 3 N–H and O–H groups in total. The molecular formula is C18H31IN4O. The number of anilines is 1. The van der Waals surface area contributed by atoms with Crippen molar-refractivity contribution in [2.75, 3.05) is 38.2 Å². The highest BCUT2D eigenvalue weighted by atomic mass is 127. The second-order valence-electron chi connectivity index (χ2n) is 6.61. The number of morpholine rings is 1. The highest BCUT2D eigenvalue weighted by Crippen LogP contribution is 2.15. The summed E-state index contributed by atoms with van der Waals surface area (Å²) in [6, 6.07) is 6.63. The van der Waals surface area contributed by atoms with E-state index in [9.17, 15) is 0 Å². The third kappa shape index (κ3) is 6.22. The van der Waals surface area contributed by atoms with Gasteiger partial charge in [-0.3, -0.25) is 9.89 Å². The lowest BCUT2D eigenvalue weighted by atomic mass is 10.0. The van der Waals surface area contributed by atoms with E-state index < -0.39 is 0 Å². The largest absolute Gasteiger partial charge is 0.379 e. The van der Waals surface area contributed by atoms with Crippen LogP contribution in [0.25, 0.3) is 0 Å². The lowest BCUT2D eigenvalue weighted by molar-refractivity contribution is 0.00870. The van der Waals surface area contributed by atoms with E-state index in [0.717, 1.165) is 32.0 Å². The summed E-state index contributed by atoms with van der Waals surface area (Å²) in [5.74, 6) is 1.01. The quantitative estimate of drug-likeness (QED) is 0.415. The van der Waals surface area contributed by atoms with Crippen molar-refractivity contribution in [3.63, 3.8) is 0 Å². The highest BCUT2D eigenvalue weighted by Gasteiger charge is 2.23. The smallest absolute Gasteiger partial charge is 0.193 e. The fourth-order valence-electron chi connectivity index (χ4n) is 2.86. The number of ether oxygens (including phenoxy) is 1. The Morgan fingerprint density at radius 1 is 1.25 bits per heavy atom. The number of rotatable bonds is 5. The van der Waals surface area contributed by atoms with Gasteiger partial charge in [-0.1, -0.05) is 19.9 Å². The second-order valence-corrected chi connectivity index (χ2v) is 6.61. The van der Waals surface area contributed by atoms with Gasteiger partial charge in [0.25, 0.3) is 0 Å². The molecule has 24 heavy (non-hydrogen) atoms. The van der Waals surface area contributed by atoms with Gasteiger partial charge in [-0.25, -0.2) is 0 Å². The SMILES string of the molecule is Cc1ccc(NC(N)=NCC(C(C)C)N2CCOCC2)cc1C.I. The average molecular weight is 446 g/mol. The zero-order chi connectivity index (χ0) is 16.8. The molecule has 1 aliphatic heterocycles. The van der Waals surface area contributed by atoms with E-state index in [1.54, 1.807) is 0 Å². The van der Waals surface area contributed by atoms with Crippen LogP contribution in [0.15, 0.2) is 23.2 Å². The van der Waals surface area contributed by atoms with Crippen LogP contribution in [0.5, 0.6) is 0 Å². The molecule has 0 aliphatic carbocycles. The predicted octanol–water partition coefficient (Wildman–Crippen LogP) is 3.00. The summed E-state index contributed by atoms with van der Waals surface area (Å²) in [5.41, 5.74) is 9.58. The van der Waals surface area contributed by atoms with E-state index in [1.807, 2.05) is 6.07 Å². The number of aliphatic imine (C=N–C) groups is 1. The van der Waals surface area contributed by atoms with Crippen molar-refractivity contribution >= 4 is 35.6 Å². The van der Waals surface area contributed by atoms with Gasteiger partial charge in [0.15, 0.2) is 5.96 Å². The monoisotopic (exact) mass is 446 g/mol. The zero-order valence-corrected chi connectivity index (χ0v) is 17.5. The van der Waals surface area contributed by atoms with E-state index in [2.05, 4.69) is 55.0 Å². The maximum absolute atomic E-state index is 6.07. The van der Waals surface area contributed by atoms with Crippen LogP contribution in [0.4, 0.5) is 5.69 Å². The fraction of sp³-hybridized carbons (Fsp3) is 0.611. The van der Waals surface area contributed by atoms with Gasteiger partial charge < -0.3 is 15.8 Å². The van der Waals surface area contributed by atoms with Crippen LogP contribution >= 0.6 is 24.0 Å². The number of nitrogens with one attached hydrogen (secondary N) is 1. The molecule has 136 valence electrons. The van der Waals surface area contributed by atoms with Gasteiger partial charge in [-0.2, -0.15) is 0 Å². The van der Waals surface area contributed by atoms with Crippen LogP contribution in [0.2, 0.25) is 0 Å². The standard InChI is InChI=1S/C18H30N4O.HI/c1-13(2)17(22-7-9-23-10-8-22)12-20-18(19)21-16-6-5-14(3)15(4)11-16;/h5-6,11,13,17H,7-10,12H2,1-4H3,(H3,19,20,21);1H. The molecule has 1 unspecified atom stereocenters. The van der Waals surface area contributed by atoms with Crippen LogP contribution in [-0.4, -0.2) is 49.7 Å². The number of hydrogen-bond acceptors (Lipinski definition) is 3. The maximum Gasteiger partial charge on any atom is 0.193 e. The van der Waals surface area contributed by atoms with Gasteiger partial charge in [-0.05, 0) is 43.0 Å². The van der Waals surface area contributed by atoms with E-state index in [4.69, 9.17) is 10.5 Å². The molecular weight excluding hydrogens is 415 g/mol. The molecule has 0 bridgehead atoms. The summed E-state index contributed by atoms with van der Waals surface area (Å²) in [6.45, 7) is 13.0. The Bertz CT molecular complexity index is 542. The van der Waals surface area contributed by atoms with Crippen molar-refractivity contribution in [3.8, 4) is 0 Å². The number of nitrogens with two attached hydrogens (primary N) is 1. The molecule has 0 radical (unpaired) electrons. The second kappa shape index (κ2) is 10.2. The van der Waals surface area contributed by atoms with Crippen molar-refractivity contribution in [2.24, 2.45) is 16.6 Å². The number of nitrogens with zero attached hydrogens (tertiary/aromatic N) is 2. The molecule has 2 rings (SSSR count). The van der Waals surface area contributed by atoms with E-state index >= 15 is 0 Å². The molecule has 1 aliphatic rings. The van der Waals surface area contributed by atoms with Crippen molar-refractivity contribution in [3.05, 3.63) is 29.3 Å². The molecule has 1 heterocycles. The number of guanidine groups is 1. The molecule has 1 atom stereocenters. The summed E-state index contributed by atoms with van der Waals surface area (Å²) >= 11 is 0. The molecule has 1 fully saturated rings. The molecule has 1 aromatic carbocycles. The molecule has 0 aromatic heterocycles. The van der Waals surface area contributed by atoms with Crippen LogP contribution < -0.4 is 11.1 Å². The molecule has 1 aromatic rings. The number of hydrogen-bond donors (Lipinski definition) is 2. The predicted molar refractivity (Wildman–Crippen MR) is 112 cm³/mol. The first-order valence-corrected chi connectivity index (χ1v) is 8.43. The summed E-state index contributed by atoms with van der Waals surface area (Å²) in [5, 5.41) is 3.19. The molecule has 0 spiro atoms. The van der Waals surface area contributed by atoms with Crippen molar-refractivity contribution in [1.29, 1.82) is 0 Å². The van der Waals surface area contributed by atoms with Crippen molar-refractivity contribution < 1.29 is 4.74 Å². The summed E-state index contributed by atoms with van der Waals surface area (Å²) in [4.78, 5) is 7.03.